The van der Waals surface area contributed by atoms with Crippen LogP contribution in [0.2, 0.25) is 0 Å². The van der Waals surface area contributed by atoms with E-state index in [-0.39, 0.29) is 0 Å². The Kier molecular flexibility index (Phi) is 3.56. The van der Waals surface area contributed by atoms with Crippen molar-refractivity contribution in [1.82, 2.24) is 14.7 Å². The number of hydrogen-bond donors (Lipinski definition) is 0. The Morgan fingerprint density at radius 1 is 1.32 bits per heavy atom. The van der Waals surface area contributed by atoms with Crippen LogP contribution in [0, 0.1) is 0 Å². The van der Waals surface area contributed by atoms with Gasteiger partial charge >= 0.3 is 0 Å². The molecule has 0 spiro atoms. The molecule has 1 atom stereocenters. The molecule has 0 fully saturated rings. The molecular weight excluding hydrogens is 234 g/mol. The van der Waals surface area contributed by atoms with E-state index < -0.39 is 0 Å². The molecule has 2 heterocycles. The summed E-state index contributed by atoms with van der Waals surface area (Å²) in [6.07, 6.45) is 13.4. The first-order valence-corrected chi connectivity index (χ1v) is 7.52. The molecular formula is C16H23N3. The molecule has 1 aliphatic heterocycles. The number of allylic oxidation sites excluding steroid dienone is 1. The van der Waals surface area contributed by atoms with Gasteiger partial charge in [-0.05, 0) is 44.3 Å². The molecule has 3 heteroatoms. The molecule has 2 aliphatic rings. The lowest BCUT2D eigenvalue weighted by Crippen LogP contribution is -2.46. The van der Waals surface area contributed by atoms with Gasteiger partial charge < -0.3 is 0 Å². The second kappa shape index (κ2) is 5.33. The fourth-order valence-corrected chi connectivity index (χ4v) is 3.39. The van der Waals surface area contributed by atoms with Crippen molar-refractivity contribution in [3.63, 3.8) is 0 Å². The van der Waals surface area contributed by atoms with Gasteiger partial charge in [0.25, 0.3) is 0 Å². The second-order valence-electron chi connectivity index (χ2n) is 5.50. The third-order valence-electron chi connectivity index (χ3n) is 4.14. The highest BCUT2D eigenvalue weighted by molar-refractivity contribution is 5.60. The highest BCUT2D eigenvalue weighted by atomic mass is 15.3. The molecule has 0 saturated heterocycles. The normalized spacial score (nSPS) is 20.6. The zero-order valence-electron chi connectivity index (χ0n) is 12.0. The zero-order valence-corrected chi connectivity index (χ0v) is 12.0. The summed E-state index contributed by atoms with van der Waals surface area (Å²) in [7, 11) is 0. The highest BCUT2D eigenvalue weighted by Crippen LogP contribution is 2.23. The van der Waals surface area contributed by atoms with Crippen LogP contribution in [0.5, 0.6) is 0 Å². The molecule has 102 valence electrons. The zero-order chi connectivity index (χ0) is 13.2. The number of aromatic nitrogens is 2. The van der Waals surface area contributed by atoms with Gasteiger partial charge in [-0.3, -0.25) is 4.90 Å². The average molecular weight is 257 g/mol. The van der Waals surface area contributed by atoms with E-state index in [1.165, 1.54) is 36.5 Å². The topological polar surface area (TPSA) is 21.1 Å². The number of nitrogens with zero attached hydrogens (tertiary/aromatic N) is 3. The average Bonchev–Trinajstić information content (AvgIpc) is 2.85. The van der Waals surface area contributed by atoms with Crippen molar-refractivity contribution >= 4 is 17.8 Å². The van der Waals surface area contributed by atoms with Crippen molar-refractivity contribution in [3.05, 3.63) is 22.8 Å². The Balaban J connectivity index is 2.02. The Hall–Kier alpha value is -1.35. The maximum Gasteiger partial charge on any atom is 0.0741 e. The third kappa shape index (κ3) is 2.16. The summed E-state index contributed by atoms with van der Waals surface area (Å²) in [5.74, 6) is 0. The molecule has 1 aromatic heterocycles. The molecule has 1 unspecified atom stereocenters. The van der Waals surface area contributed by atoms with Gasteiger partial charge in [0, 0.05) is 17.5 Å². The summed E-state index contributed by atoms with van der Waals surface area (Å²) in [6.45, 7) is 6.94. The van der Waals surface area contributed by atoms with Gasteiger partial charge in [0.05, 0.1) is 11.5 Å². The number of rotatable bonds is 5. The van der Waals surface area contributed by atoms with Crippen molar-refractivity contribution < 1.29 is 0 Å². The summed E-state index contributed by atoms with van der Waals surface area (Å²) in [6, 6.07) is 0.577. The van der Waals surface area contributed by atoms with Gasteiger partial charge in [-0.25, -0.2) is 4.68 Å². The lowest BCUT2D eigenvalue weighted by Gasteiger charge is -2.34. The molecule has 1 aliphatic carbocycles. The van der Waals surface area contributed by atoms with Crippen LogP contribution in [0.3, 0.4) is 0 Å². The van der Waals surface area contributed by atoms with E-state index in [9.17, 15) is 0 Å². The summed E-state index contributed by atoms with van der Waals surface area (Å²) in [4.78, 5) is 2.66. The van der Waals surface area contributed by atoms with Crippen LogP contribution in [0.15, 0.2) is 12.3 Å². The van der Waals surface area contributed by atoms with Crippen molar-refractivity contribution in [3.8, 4) is 0 Å². The van der Waals surface area contributed by atoms with Gasteiger partial charge in [0.15, 0.2) is 0 Å². The maximum absolute atomic E-state index is 4.46. The van der Waals surface area contributed by atoms with Crippen LogP contribution >= 0.6 is 0 Å². The van der Waals surface area contributed by atoms with E-state index in [1.807, 2.05) is 10.9 Å². The lowest BCUT2D eigenvalue weighted by atomic mass is 9.92. The van der Waals surface area contributed by atoms with Crippen molar-refractivity contribution in [2.24, 2.45) is 0 Å². The molecule has 3 rings (SSSR count). The molecule has 1 aromatic rings. The summed E-state index contributed by atoms with van der Waals surface area (Å²) < 4.78 is 2.05. The molecule has 19 heavy (non-hydrogen) atoms. The lowest BCUT2D eigenvalue weighted by molar-refractivity contribution is 0.235. The fraction of sp³-hybridized carbons (Fsp3) is 0.562. The molecule has 0 aromatic carbocycles. The smallest absolute Gasteiger partial charge is 0.0741 e. The number of hydrogen-bond acceptors (Lipinski definition) is 2. The van der Waals surface area contributed by atoms with Crippen molar-refractivity contribution in [2.45, 2.75) is 45.6 Å². The Labute approximate surface area is 114 Å². The van der Waals surface area contributed by atoms with Crippen LogP contribution in [0.1, 0.15) is 39.5 Å². The molecule has 0 radical (unpaired) electrons. The first-order valence-electron chi connectivity index (χ1n) is 7.52. The van der Waals surface area contributed by atoms with E-state index in [1.54, 1.807) is 5.57 Å². The first-order chi connectivity index (χ1) is 9.35. The Morgan fingerprint density at radius 2 is 2.11 bits per heavy atom. The minimum Gasteiger partial charge on any atom is -0.296 e. The van der Waals surface area contributed by atoms with Gasteiger partial charge in [-0.15, -0.1) is 0 Å². The summed E-state index contributed by atoms with van der Waals surface area (Å²) in [5, 5.41) is 7.14. The van der Waals surface area contributed by atoms with E-state index in [0.717, 1.165) is 12.8 Å². The fourth-order valence-electron chi connectivity index (χ4n) is 3.39. The largest absolute Gasteiger partial charge is 0.296 e. The van der Waals surface area contributed by atoms with Gasteiger partial charge in [0.2, 0.25) is 0 Å². The Morgan fingerprint density at radius 3 is 2.84 bits per heavy atom. The van der Waals surface area contributed by atoms with Crippen LogP contribution in [0.4, 0.5) is 0 Å². The highest BCUT2D eigenvalue weighted by Gasteiger charge is 2.25. The second-order valence-corrected chi connectivity index (χ2v) is 5.50. The third-order valence-corrected chi connectivity index (χ3v) is 4.14. The van der Waals surface area contributed by atoms with Crippen LogP contribution < -0.4 is 10.6 Å². The molecule has 0 saturated carbocycles. The van der Waals surface area contributed by atoms with Crippen molar-refractivity contribution in [2.75, 3.05) is 13.1 Å². The molecule has 3 nitrogen and oxygen atoms in total. The molecule has 0 N–H and O–H groups in total. The van der Waals surface area contributed by atoms with Gasteiger partial charge in [-0.1, -0.05) is 26.0 Å². The first kappa shape index (κ1) is 12.7. The summed E-state index contributed by atoms with van der Waals surface area (Å²) >= 11 is 0. The monoisotopic (exact) mass is 257 g/mol. The van der Waals surface area contributed by atoms with Crippen molar-refractivity contribution in [1.29, 1.82) is 0 Å². The van der Waals surface area contributed by atoms with E-state index in [0.29, 0.717) is 6.04 Å². The van der Waals surface area contributed by atoms with Crippen LogP contribution in [-0.4, -0.2) is 33.8 Å². The predicted molar refractivity (Wildman–Crippen MR) is 79.9 cm³/mol. The van der Waals surface area contributed by atoms with E-state index >= 15 is 0 Å². The predicted octanol–water partition coefficient (Wildman–Crippen LogP) is 1.58. The van der Waals surface area contributed by atoms with Gasteiger partial charge in [-0.2, -0.15) is 5.10 Å². The minimum absolute atomic E-state index is 0.577. The van der Waals surface area contributed by atoms with Crippen LogP contribution in [-0.2, 0) is 0 Å². The molecule has 0 amide bonds. The van der Waals surface area contributed by atoms with E-state index in [2.05, 4.69) is 42.2 Å². The SMILES string of the molecule is CCCN(CCC)C1CC=c2cnn3c2=C1CC=C3. The summed E-state index contributed by atoms with van der Waals surface area (Å²) in [5.41, 5.74) is 1.57. The minimum atomic E-state index is 0.577. The molecule has 0 bridgehead atoms. The van der Waals surface area contributed by atoms with Crippen LogP contribution in [0.25, 0.3) is 17.8 Å². The standard InChI is InChI=1S/C16H23N3/c1-3-9-18(10-4-2)15-8-7-13-12-17-19-11-5-6-14(15)16(13)19/h5,7,11-12,15H,3-4,6,8-10H2,1-2H3. The quantitative estimate of drug-likeness (QED) is 0.798. The van der Waals surface area contributed by atoms with E-state index in [4.69, 9.17) is 0 Å². The van der Waals surface area contributed by atoms with Gasteiger partial charge in [0.1, 0.15) is 0 Å². The maximum atomic E-state index is 4.46. The Bertz CT molecular complexity index is 588.